The summed E-state index contributed by atoms with van der Waals surface area (Å²) in [7, 11) is 1.23. The number of thiocarbonyl (C=S) groups is 1. The Labute approximate surface area is 231 Å². The van der Waals surface area contributed by atoms with E-state index in [-0.39, 0.29) is 23.1 Å². The molecule has 2 rings (SSSR count). The SMILES string of the molecule is COC(=O)[C@H](CC(C)C)NC(=S)N(NC(=O)OC(C)(C)C)[C@H](C)[C@](O)(Cn1cncn1)c1ccc(F)cc1F. The molecule has 0 radical (unpaired) electrons. The number of carbonyl (C=O) groups excluding carboxylic acids is 2. The Morgan fingerprint density at radius 2 is 1.90 bits per heavy atom. The van der Waals surface area contributed by atoms with Gasteiger partial charge >= 0.3 is 12.1 Å². The summed E-state index contributed by atoms with van der Waals surface area (Å²) in [5.74, 6) is -2.42. The molecule has 1 heterocycles. The van der Waals surface area contributed by atoms with Gasteiger partial charge in [-0.05, 0) is 58.3 Å². The zero-order valence-electron chi connectivity index (χ0n) is 23.1. The van der Waals surface area contributed by atoms with Crippen molar-refractivity contribution in [2.24, 2.45) is 5.92 Å². The Morgan fingerprint density at radius 1 is 1.23 bits per heavy atom. The van der Waals surface area contributed by atoms with Crippen molar-refractivity contribution < 1.29 is 33.0 Å². The van der Waals surface area contributed by atoms with Crippen LogP contribution in [0.1, 0.15) is 53.5 Å². The number of hydrogen-bond donors (Lipinski definition) is 3. The molecule has 1 aromatic carbocycles. The molecule has 11 nitrogen and oxygen atoms in total. The number of aromatic nitrogens is 3. The molecule has 3 atom stereocenters. The smallest absolute Gasteiger partial charge is 0.426 e. The Bertz CT molecular complexity index is 1140. The van der Waals surface area contributed by atoms with Crippen molar-refractivity contribution in [1.29, 1.82) is 0 Å². The summed E-state index contributed by atoms with van der Waals surface area (Å²) in [6, 6.07) is 0.577. The van der Waals surface area contributed by atoms with Crippen LogP contribution in [-0.2, 0) is 26.4 Å². The molecule has 0 aliphatic carbocycles. The molecule has 0 unspecified atom stereocenters. The molecule has 0 saturated heterocycles. The van der Waals surface area contributed by atoms with Crippen LogP contribution in [0, 0.1) is 17.6 Å². The van der Waals surface area contributed by atoms with Crippen molar-refractivity contribution in [2.75, 3.05) is 7.11 Å². The van der Waals surface area contributed by atoms with Crippen LogP contribution >= 0.6 is 12.2 Å². The minimum Gasteiger partial charge on any atom is -0.467 e. The number of benzene rings is 1. The third-order valence-corrected chi connectivity index (χ3v) is 5.98. The van der Waals surface area contributed by atoms with Gasteiger partial charge in [-0.1, -0.05) is 19.9 Å². The van der Waals surface area contributed by atoms with Gasteiger partial charge in [0.05, 0.1) is 19.7 Å². The zero-order chi connectivity index (χ0) is 29.5. The first-order valence-electron chi connectivity index (χ1n) is 12.2. The van der Waals surface area contributed by atoms with E-state index in [4.69, 9.17) is 21.7 Å². The van der Waals surface area contributed by atoms with Gasteiger partial charge in [0.1, 0.15) is 41.5 Å². The number of halogens is 2. The lowest BCUT2D eigenvalue weighted by molar-refractivity contribution is -0.143. The maximum atomic E-state index is 15.1. The van der Waals surface area contributed by atoms with Crippen molar-refractivity contribution in [3.05, 3.63) is 48.1 Å². The fourth-order valence-electron chi connectivity index (χ4n) is 3.83. The average Bonchev–Trinajstić information content (AvgIpc) is 3.32. The number of methoxy groups -OCH3 is 1. The van der Waals surface area contributed by atoms with E-state index in [1.165, 1.54) is 31.4 Å². The minimum absolute atomic E-state index is 0.0617. The predicted molar refractivity (Wildman–Crippen MR) is 142 cm³/mol. The first-order chi connectivity index (χ1) is 18.1. The molecule has 1 amide bonds. The normalized spacial score (nSPS) is 14.6. The predicted octanol–water partition coefficient (Wildman–Crippen LogP) is 3.04. The highest BCUT2D eigenvalue weighted by atomic mass is 32.1. The molecule has 0 aliphatic heterocycles. The van der Waals surface area contributed by atoms with Crippen molar-refractivity contribution in [3.8, 4) is 0 Å². The van der Waals surface area contributed by atoms with Gasteiger partial charge in [-0.25, -0.2) is 33.5 Å². The summed E-state index contributed by atoms with van der Waals surface area (Å²) in [6.45, 7) is 9.85. The third kappa shape index (κ3) is 8.82. The molecule has 14 heteroatoms. The second kappa shape index (κ2) is 13.1. The van der Waals surface area contributed by atoms with E-state index in [1.54, 1.807) is 20.8 Å². The summed E-state index contributed by atoms with van der Waals surface area (Å²) in [5.41, 5.74) is -0.869. The number of rotatable bonds is 9. The van der Waals surface area contributed by atoms with E-state index in [0.717, 1.165) is 17.1 Å². The lowest BCUT2D eigenvalue weighted by Gasteiger charge is -2.42. The Balaban J connectivity index is 2.58. The summed E-state index contributed by atoms with van der Waals surface area (Å²) >= 11 is 5.57. The van der Waals surface area contributed by atoms with Gasteiger partial charge in [0.2, 0.25) is 0 Å². The number of carbonyl (C=O) groups is 2. The minimum atomic E-state index is -2.18. The fraction of sp³-hybridized carbons (Fsp3) is 0.560. The van der Waals surface area contributed by atoms with Crippen LogP contribution in [0.2, 0.25) is 0 Å². The zero-order valence-corrected chi connectivity index (χ0v) is 23.9. The van der Waals surface area contributed by atoms with Crippen LogP contribution in [0.15, 0.2) is 30.9 Å². The maximum absolute atomic E-state index is 15.1. The molecule has 3 N–H and O–H groups in total. The first-order valence-corrected chi connectivity index (χ1v) is 12.7. The number of ether oxygens (including phenoxy) is 2. The van der Waals surface area contributed by atoms with Gasteiger partial charge in [0.15, 0.2) is 5.11 Å². The second-order valence-corrected chi connectivity index (χ2v) is 10.8. The summed E-state index contributed by atoms with van der Waals surface area (Å²) in [5, 5.41) is 19.8. The van der Waals surface area contributed by atoms with E-state index in [0.29, 0.717) is 12.5 Å². The largest absolute Gasteiger partial charge is 0.467 e. The molecule has 0 fully saturated rings. The van der Waals surface area contributed by atoms with Crippen LogP contribution in [-0.4, -0.2) is 66.8 Å². The first kappa shape index (κ1) is 31.8. The quantitative estimate of drug-likeness (QED) is 0.235. The Kier molecular flexibility index (Phi) is 10.7. The Hall–Kier alpha value is -3.39. The number of hydrazine groups is 1. The second-order valence-electron chi connectivity index (χ2n) is 10.5. The average molecular weight is 571 g/mol. The van der Waals surface area contributed by atoms with Crippen molar-refractivity contribution in [3.63, 3.8) is 0 Å². The molecular formula is C25H36F2N6O5S. The van der Waals surface area contributed by atoms with Gasteiger partial charge in [0.25, 0.3) is 0 Å². The summed E-state index contributed by atoms with van der Waals surface area (Å²) in [4.78, 5) is 29.2. The molecule has 0 spiro atoms. The highest BCUT2D eigenvalue weighted by molar-refractivity contribution is 7.80. The molecule has 0 aliphatic rings. The summed E-state index contributed by atoms with van der Waals surface area (Å²) in [6.07, 6.45) is 1.93. The monoisotopic (exact) mass is 570 g/mol. The molecule has 216 valence electrons. The van der Waals surface area contributed by atoms with Crippen LogP contribution in [0.5, 0.6) is 0 Å². The molecular weight excluding hydrogens is 534 g/mol. The molecule has 1 aromatic heterocycles. The van der Waals surface area contributed by atoms with E-state index < -0.39 is 47.0 Å². The van der Waals surface area contributed by atoms with Gasteiger partial charge in [-0.3, -0.25) is 5.01 Å². The number of nitrogens with zero attached hydrogens (tertiary/aromatic N) is 4. The molecule has 0 saturated carbocycles. The van der Waals surface area contributed by atoms with E-state index in [2.05, 4.69) is 20.8 Å². The molecule has 0 bridgehead atoms. The van der Waals surface area contributed by atoms with Crippen LogP contribution in [0.3, 0.4) is 0 Å². The van der Waals surface area contributed by atoms with E-state index in [9.17, 15) is 19.1 Å². The highest BCUT2D eigenvalue weighted by Crippen LogP contribution is 2.32. The van der Waals surface area contributed by atoms with Crippen molar-refractivity contribution in [2.45, 2.75) is 77.8 Å². The fourth-order valence-corrected chi connectivity index (χ4v) is 4.17. The Morgan fingerprint density at radius 3 is 2.41 bits per heavy atom. The lowest BCUT2D eigenvalue weighted by atomic mass is 9.86. The highest BCUT2D eigenvalue weighted by Gasteiger charge is 2.44. The molecule has 39 heavy (non-hydrogen) atoms. The van der Waals surface area contributed by atoms with Crippen LogP contribution in [0.25, 0.3) is 0 Å². The van der Waals surface area contributed by atoms with Gasteiger partial charge in [-0.15, -0.1) is 0 Å². The van der Waals surface area contributed by atoms with Crippen molar-refractivity contribution in [1.82, 2.24) is 30.5 Å². The topological polar surface area (TPSA) is 131 Å². The number of aliphatic hydroxyl groups is 1. The molecule has 2 aromatic rings. The van der Waals surface area contributed by atoms with E-state index >= 15 is 4.39 Å². The van der Waals surface area contributed by atoms with Gasteiger partial charge in [0, 0.05) is 11.6 Å². The summed E-state index contributed by atoms with van der Waals surface area (Å²) < 4.78 is 40.4. The standard InChI is InChI=1S/C25H36F2N6O5S/c1-15(2)10-20(21(34)37-7)30-22(39)33(31-23(35)38-24(4,5)6)16(3)25(36,12-32-14-28-13-29-32)18-9-8-17(26)11-19(18)27/h8-9,11,13-16,20,36H,10,12H2,1-7H3,(H,30,39)(H,31,35)/t16-,20+,25-/m1/s1. The van der Waals surface area contributed by atoms with Crippen LogP contribution in [0.4, 0.5) is 13.6 Å². The van der Waals surface area contributed by atoms with Gasteiger partial charge < -0.3 is 19.9 Å². The van der Waals surface area contributed by atoms with Crippen LogP contribution < -0.4 is 10.7 Å². The lowest BCUT2D eigenvalue weighted by Crippen LogP contribution is -2.63. The van der Waals surface area contributed by atoms with Crippen molar-refractivity contribution >= 4 is 29.4 Å². The number of nitrogens with one attached hydrogen (secondary N) is 2. The maximum Gasteiger partial charge on any atom is 0.426 e. The number of amides is 1. The number of hydrogen-bond acceptors (Lipinski definition) is 8. The van der Waals surface area contributed by atoms with Gasteiger partial charge in [-0.2, -0.15) is 5.10 Å². The third-order valence-electron chi connectivity index (χ3n) is 5.67. The van der Waals surface area contributed by atoms with E-state index in [1.807, 2.05) is 13.8 Å². The number of esters is 1.